The Morgan fingerprint density at radius 3 is 3.11 bits per heavy atom. The molecule has 2 rings (SSSR count). The van der Waals surface area contributed by atoms with Gasteiger partial charge in [-0.25, -0.2) is 0 Å². The summed E-state index contributed by atoms with van der Waals surface area (Å²) in [7, 11) is 1.93. The molecule has 0 fully saturated rings. The number of rotatable bonds is 0. The van der Waals surface area contributed by atoms with E-state index in [-0.39, 0.29) is 14.1 Å². The summed E-state index contributed by atoms with van der Waals surface area (Å²) < 4.78 is 4.39. The first-order chi connectivity index (χ1) is 4.47. The van der Waals surface area contributed by atoms with Crippen LogP contribution in [-0.4, -0.2) is 14.1 Å². The van der Waals surface area contributed by atoms with Crippen molar-refractivity contribution in [3.05, 3.63) is 24.3 Å². The summed E-state index contributed by atoms with van der Waals surface area (Å²) in [4.78, 5) is 1.37. The Morgan fingerprint density at radius 1 is 1.33 bits per heavy atom. The first-order valence-electron chi connectivity index (χ1n) is 2.68. The maximum atomic E-state index is 4.39. The number of fused-ring (bicyclic) bond motifs is 1. The third-order valence-corrected chi connectivity index (χ3v) is 4.97. The molecule has 43 valence electrons. The van der Waals surface area contributed by atoms with E-state index in [2.05, 4.69) is 22.1 Å². The predicted octanol–water partition coefficient (Wildman–Crippen LogP) is 2.23. The second-order valence-corrected chi connectivity index (χ2v) is 5.50. The van der Waals surface area contributed by atoms with E-state index in [9.17, 15) is 0 Å². The minimum atomic E-state index is -0.0615. The van der Waals surface area contributed by atoms with Gasteiger partial charge in [-0.3, -0.25) is 0 Å². The van der Waals surface area contributed by atoms with Crippen molar-refractivity contribution in [2.75, 3.05) is 0 Å². The van der Waals surface area contributed by atoms with Crippen LogP contribution < -0.4 is 0 Å². The van der Waals surface area contributed by atoms with E-state index in [1.54, 1.807) is 0 Å². The van der Waals surface area contributed by atoms with Gasteiger partial charge in [0.05, 0.1) is 0 Å². The monoisotopic (exact) mass is 196 g/mol. The van der Waals surface area contributed by atoms with Gasteiger partial charge in [0.15, 0.2) is 0 Å². The van der Waals surface area contributed by atoms with Crippen molar-refractivity contribution < 1.29 is 0 Å². The molecule has 1 aliphatic heterocycles. The molecule has 9 heavy (non-hydrogen) atoms. The summed E-state index contributed by atoms with van der Waals surface area (Å²) in [5.41, 5.74) is 1.21. The quantitative estimate of drug-likeness (QED) is 0.578. The Morgan fingerprint density at radius 2 is 2.22 bits per heavy atom. The minimum absolute atomic E-state index is 0.0615. The SMILES string of the molecule is c1ccc2c(c1)[N]=[Ge][S]2. The van der Waals surface area contributed by atoms with Crippen LogP contribution in [0.3, 0.4) is 0 Å². The summed E-state index contributed by atoms with van der Waals surface area (Å²) in [5, 5.41) is 0. The Bertz CT molecular complexity index is 259. The molecule has 0 N–H and O–H groups in total. The van der Waals surface area contributed by atoms with Crippen LogP contribution in [0.5, 0.6) is 0 Å². The van der Waals surface area contributed by atoms with Crippen molar-refractivity contribution in [1.82, 2.24) is 0 Å². The van der Waals surface area contributed by atoms with Gasteiger partial charge in [0.2, 0.25) is 0 Å². The topological polar surface area (TPSA) is 12.4 Å². The third-order valence-electron chi connectivity index (χ3n) is 1.19. The number of hydrogen-bond acceptors (Lipinski definition) is 2. The molecule has 0 spiro atoms. The van der Waals surface area contributed by atoms with Crippen molar-refractivity contribution in [3.63, 3.8) is 0 Å². The van der Waals surface area contributed by atoms with Gasteiger partial charge in [-0.1, -0.05) is 0 Å². The van der Waals surface area contributed by atoms with Crippen molar-refractivity contribution in [3.8, 4) is 0 Å². The fraction of sp³-hybridized carbons (Fsp3) is 0. The molecular weight excluding hydrogens is 191 g/mol. The summed E-state index contributed by atoms with van der Waals surface area (Å²) in [6, 6.07) is 8.33. The van der Waals surface area contributed by atoms with E-state index >= 15 is 0 Å². The number of benzene rings is 1. The van der Waals surface area contributed by atoms with Crippen LogP contribution in [0.1, 0.15) is 0 Å². The summed E-state index contributed by atoms with van der Waals surface area (Å²) in [6.07, 6.45) is 0. The van der Waals surface area contributed by atoms with E-state index in [0.717, 1.165) is 0 Å². The average Bonchev–Trinajstić information content (AvgIpc) is 2.33. The Hall–Kier alpha value is -0.0871. The Labute approximate surface area is 63.1 Å². The van der Waals surface area contributed by atoms with Gasteiger partial charge in [-0.2, -0.15) is 0 Å². The van der Waals surface area contributed by atoms with Gasteiger partial charge >= 0.3 is 62.9 Å². The molecule has 0 saturated carbocycles. The van der Waals surface area contributed by atoms with Crippen LogP contribution in [0.25, 0.3) is 0 Å². The Kier molecular flexibility index (Phi) is 1.43. The standard InChI is InChI=1S/C6H4GeNS/c1-2-4-6-5(3-1)8-7-9-6/h1-4H. The van der Waals surface area contributed by atoms with E-state index in [4.69, 9.17) is 0 Å². The molecule has 1 aliphatic rings. The summed E-state index contributed by atoms with van der Waals surface area (Å²) in [5.74, 6) is 0. The zero-order valence-electron chi connectivity index (χ0n) is 4.66. The molecular formula is C6H4GeNS. The van der Waals surface area contributed by atoms with E-state index in [1.807, 2.05) is 16.2 Å². The molecule has 1 heterocycles. The van der Waals surface area contributed by atoms with Crippen LogP contribution in [0.15, 0.2) is 33.1 Å². The van der Waals surface area contributed by atoms with Gasteiger partial charge in [-0.15, -0.1) is 0 Å². The van der Waals surface area contributed by atoms with Crippen molar-refractivity contribution in [2.24, 2.45) is 3.90 Å². The number of nitrogens with zero attached hydrogens (tertiary/aromatic N) is 1. The molecule has 1 aromatic carbocycles. The Balaban J connectivity index is 2.63. The van der Waals surface area contributed by atoms with E-state index < -0.39 is 0 Å². The molecule has 0 bridgehead atoms. The normalized spacial score (nSPS) is 13.8. The fourth-order valence-electron chi connectivity index (χ4n) is 0.757. The van der Waals surface area contributed by atoms with Gasteiger partial charge in [0.1, 0.15) is 0 Å². The van der Waals surface area contributed by atoms with Crippen molar-refractivity contribution in [2.45, 2.75) is 4.90 Å². The molecule has 0 amide bonds. The van der Waals surface area contributed by atoms with Gasteiger partial charge < -0.3 is 0 Å². The van der Waals surface area contributed by atoms with E-state index in [0.29, 0.717) is 0 Å². The van der Waals surface area contributed by atoms with Gasteiger partial charge in [0.25, 0.3) is 0 Å². The molecule has 0 aliphatic carbocycles. The maximum absolute atomic E-state index is 4.39. The number of hydrogen-bond donors (Lipinski definition) is 0. The third kappa shape index (κ3) is 0.967. The molecule has 0 saturated heterocycles. The van der Waals surface area contributed by atoms with Crippen LogP contribution in [0, 0.1) is 0 Å². The first kappa shape index (κ1) is 5.68. The molecule has 1 aromatic rings. The predicted molar refractivity (Wildman–Crippen MR) is 40.1 cm³/mol. The molecule has 1 nitrogen and oxygen atoms in total. The average molecular weight is 195 g/mol. The van der Waals surface area contributed by atoms with Crippen LogP contribution in [-0.2, 0) is 0 Å². The zero-order chi connectivity index (χ0) is 6.10. The molecule has 0 atom stereocenters. The second-order valence-electron chi connectivity index (χ2n) is 1.77. The first-order valence-corrected chi connectivity index (χ1v) is 7.01. The molecule has 0 aromatic heterocycles. The van der Waals surface area contributed by atoms with Crippen molar-refractivity contribution >= 4 is 29.9 Å². The van der Waals surface area contributed by atoms with Gasteiger partial charge in [0, 0.05) is 0 Å². The molecule has 1 radical (unpaired) electrons. The zero-order valence-corrected chi connectivity index (χ0v) is 7.58. The van der Waals surface area contributed by atoms with Crippen LogP contribution >= 0.6 is 10.1 Å². The van der Waals surface area contributed by atoms with Crippen LogP contribution in [0.4, 0.5) is 5.69 Å². The second kappa shape index (κ2) is 2.27. The van der Waals surface area contributed by atoms with Crippen molar-refractivity contribution in [1.29, 1.82) is 0 Å². The van der Waals surface area contributed by atoms with Crippen LogP contribution in [0.2, 0.25) is 0 Å². The molecule has 0 unspecified atom stereocenters. The summed E-state index contributed by atoms with van der Waals surface area (Å²) in [6.45, 7) is 0. The van der Waals surface area contributed by atoms with Gasteiger partial charge in [-0.05, 0) is 0 Å². The summed E-state index contributed by atoms with van der Waals surface area (Å²) >= 11 is -0.0615. The van der Waals surface area contributed by atoms with E-state index in [1.165, 1.54) is 10.6 Å². The molecule has 3 heteroatoms. The fourth-order valence-corrected chi connectivity index (χ4v) is 4.56.